The largest absolute Gasteiger partial charge is 0.504 e. The Balaban J connectivity index is 2.47. The molecule has 0 unspecified atom stereocenters. The molecule has 0 aromatic heterocycles. The summed E-state index contributed by atoms with van der Waals surface area (Å²) in [7, 11) is 0. The lowest BCUT2D eigenvalue weighted by atomic mass is 10.1. The second-order valence-corrected chi connectivity index (χ2v) is 5.57. The van der Waals surface area contributed by atoms with E-state index in [0.29, 0.717) is 18.8 Å². The molecule has 0 atom stereocenters. The van der Waals surface area contributed by atoms with Crippen molar-refractivity contribution in [2.45, 2.75) is 52.4 Å². The third kappa shape index (κ3) is 8.24. The number of allylic oxidation sites excluding steroid dienone is 3. The van der Waals surface area contributed by atoms with Crippen LogP contribution in [0.5, 0.6) is 11.5 Å². The van der Waals surface area contributed by atoms with Crippen LogP contribution in [0.2, 0.25) is 0 Å². The van der Waals surface area contributed by atoms with Gasteiger partial charge in [-0.05, 0) is 36.6 Å². The number of hydrogen-bond donors (Lipinski definition) is 1. The molecule has 23 heavy (non-hydrogen) atoms. The second-order valence-electron chi connectivity index (χ2n) is 5.57. The number of carbonyl (C=O) groups is 1. The third-order valence-electron chi connectivity index (χ3n) is 3.45. The molecule has 1 aromatic carbocycles. The van der Waals surface area contributed by atoms with Crippen LogP contribution in [0.4, 0.5) is 0 Å². The van der Waals surface area contributed by atoms with Crippen LogP contribution < -0.4 is 4.74 Å². The van der Waals surface area contributed by atoms with Crippen LogP contribution >= 0.6 is 0 Å². The Kier molecular flexibility index (Phi) is 9.53. The van der Waals surface area contributed by atoms with Crippen LogP contribution in [0.3, 0.4) is 0 Å². The fourth-order valence-corrected chi connectivity index (χ4v) is 2.05. The highest BCUT2D eigenvalue weighted by Gasteiger charge is 2.02. The Hall–Kier alpha value is -2.03. The van der Waals surface area contributed by atoms with E-state index in [2.05, 4.69) is 13.8 Å². The van der Waals surface area contributed by atoms with E-state index in [1.54, 1.807) is 24.3 Å². The normalized spacial score (nSPS) is 11.4. The summed E-state index contributed by atoms with van der Waals surface area (Å²) in [6.45, 7) is 4.83. The van der Waals surface area contributed by atoms with Crippen molar-refractivity contribution in [3.05, 3.63) is 42.0 Å². The summed E-state index contributed by atoms with van der Waals surface area (Å²) in [5.74, 6) is 0.811. The lowest BCUT2D eigenvalue weighted by Crippen LogP contribution is -1.96. The Morgan fingerprint density at radius 3 is 2.61 bits per heavy atom. The Bertz CT molecular complexity index is 530. The maximum Gasteiger partial charge on any atom is 0.160 e. The molecule has 0 fully saturated rings. The van der Waals surface area contributed by atoms with Crippen LogP contribution in [0.15, 0.2) is 36.4 Å². The molecule has 0 saturated heterocycles. The summed E-state index contributed by atoms with van der Waals surface area (Å²) in [6.07, 6.45) is 12.8. The van der Waals surface area contributed by atoms with Crippen molar-refractivity contribution in [1.82, 2.24) is 0 Å². The van der Waals surface area contributed by atoms with Crippen LogP contribution in [-0.2, 0) is 4.79 Å². The first kappa shape index (κ1) is 19.0. The van der Waals surface area contributed by atoms with Gasteiger partial charge in [0.2, 0.25) is 0 Å². The van der Waals surface area contributed by atoms with Gasteiger partial charge in [0, 0.05) is 6.42 Å². The number of aromatic hydroxyl groups is 1. The first-order valence-corrected chi connectivity index (χ1v) is 8.50. The zero-order valence-electron chi connectivity index (χ0n) is 14.3. The summed E-state index contributed by atoms with van der Waals surface area (Å²) < 4.78 is 5.50. The quantitative estimate of drug-likeness (QED) is 0.343. The smallest absolute Gasteiger partial charge is 0.160 e. The number of benzene rings is 1. The molecule has 0 saturated carbocycles. The monoisotopic (exact) mass is 316 g/mol. The maximum atomic E-state index is 11.6. The molecule has 1 aromatic rings. The lowest BCUT2D eigenvalue weighted by molar-refractivity contribution is -0.114. The molecule has 0 aliphatic rings. The summed E-state index contributed by atoms with van der Waals surface area (Å²) in [4.78, 5) is 11.6. The highest BCUT2D eigenvalue weighted by atomic mass is 16.5. The molecular formula is C20H28O3. The average molecular weight is 316 g/mol. The number of carbonyl (C=O) groups excluding carboxylic acids is 1. The highest BCUT2D eigenvalue weighted by molar-refractivity contribution is 5.89. The summed E-state index contributed by atoms with van der Waals surface area (Å²) >= 11 is 0. The topological polar surface area (TPSA) is 46.5 Å². The van der Waals surface area contributed by atoms with Crippen molar-refractivity contribution in [3.63, 3.8) is 0 Å². The molecule has 0 aliphatic heterocycles. The van der Waals surface area contributed by atoms with E-state index in [9.17, 15) is 9.90 Å². The highest BCUT2D eigenvalue weighted by Crippen LogP contribution is 2.27. The van der Waals surface area contributed by atoms with Crippen molar-refractivity contribution in [2.75, 3.05) is 6.61 Å². The molecule has 0 spiro atoms. The molecule has 0 amide bonds. The Labute approximate surface area is 139 Å². The van der Waals surface area contributed by atoms with Crippen molar-refractivity contribution in [3.8, 4) is 11.5 Å². The van der Waals surface area contributed by atoms with E-state index < -0.39 is 0 Å². The van der Waals surface area contributed by atoms with Gasteiger partial charge in [0.25, 0.3) is 0 Å². The molecule has 3 nitrogen and oxygen atoms in total. The molecule has 0 bridgehead atoms. The van der Waals surface area contributed by atoms with Gasteiger partial charge >= 0.3 is 0 Å². The first-order valence-electron chi connectivity index (χ1n) is 8.50. The fourth-order valence-electron chi connectivity index (χ4n) is 2.05. The van der Waals surface area contributed by atoms with Gasteiger partial charge in [0.1, 0.15) is 0 Å². The molecule has 3 heteroatoms. The first-order chi connectivity index (χ1) is 11.2. The standard InChI is InChI=1S/C20H28O3/c1-3-5-7-11-18(21)12-9-8-10-17-13-14-20(19(22)16-17)23-15-6-4-2/h8-10,12-14,16,22H,3-7,11,15H2,1-2H3. The predicted molar refractivity (Wildman–Crippen MR) is 95.8 cm³/mol. The minimum absolute atomic E-state index is 0.142. The number of phenols is 1. The van der Waals surface area contributed by atoms with E-state index in [4.69, 9.17) is 4.74 Å². The van der Waals surface area contributed by atoms with Crippen LogP contribution in [-0.4, -0.2) is 17.5 Å². The molecule has 0 heterocycles. The lowest BCUT2D eigenvalue weighted by Gasteiger charge is -2.07. The van der Waals surface area contributed by atoms with Crippen molar-refractivity contribution < 1.29 is 14.6 Å². The Morgan fingerprint density at radius 1 is 1.13 bits per heavy atom. The second kappa shape index (κ2) is 11.5. The van der Waals surface area contributed by atoms with E-state index in [1.807, 2.05) is 18.2 Å². The number of rotatable bonds is 11. The van der Waals surface area contributed by atoms with Crippen LogP contribution in [0, 0.1) is 0 Å². The molecule has 126 valence electrons. The van der Waals surface area contributed by atoms with E-state index in [1.165, 1.54) is 0 Å². The minimum Gasteiger partial charge on any atom is -0.504 e. The van der Waals surface area contributed by atoms with E-state index >= 15 is 0 Å². The van der Waals surface area contributed by atoms with Gasteiger partial charge in [0.15, 0.2) is 17.3 Å². The number of ether oxygens (including phenoxy) is 1. The van der Waals surface area contributed by atoms with Crippen LogP contribution in [0.1, 0.15) is 57.9 Å². The van der Waals surface area contributed by atoms with Crippen LogP contribution in [0.25, 0.3) is 6.08 Å². The van der Waals surface area contributed by atoms with Gasteiger partial charge in [-0.1, -0.05) is 57.4 Å². The van der Waals surface area contributed by atoms with Gasteiger partial charge in [-0.2, -0.15) is 0 Å². The van der Waals surface area contributed by atoms with E-state index in [-0.39, 0.29) is 11.5 Å². The maximum absolute atomic E-state index is 11.6. The van der Waals surface area contributed by atoms with E-state index in [0.717, 1.165) is 37.7 Å². The van der Waals surface area contributed by atoms with Gasteiger partial charge < -0.3 is 9.84 Å². The van der Waals surface area contributed by atoms with Gasteiger partial charge in [-0.25, -0.2) is 0 Å². The van der Waals surface area contributed by atoms with Gasteiger partial charge in [-0.15, -0.1) is 0 Å². The van der Waals surface area contributed by atoms with Crippen molar-refractivity contribution >= 4 is 11.9 Å². The fraction of sp³-hybridized carbons (Fsp3) is 0.450. The number of hydrogen-bond acceptors (Lipinski definition) is 3. The average Bonchev–Trinajstić information content (AvgIpc) is 2.54. The molecule has 1 N–H and O–H groups in total. The van der Waals surface area contributed by atoms with Gasteiger partial charge in [-0.3, -0.25) is 4.79 Å². The molecule has 0 aliphatic carbocycles. The summed E-state index contributed by atoms with van der Waals surface area (Å²) in [5.41, 5.74) is 0.869. The number of phenolic OH excluding ortho intramolecular Hbond substituents is 1. The number of unbranched alkanes of at least 4 members (excludes halogenated alkanes) is 3. The Morgan fingerprint density at radius 2 is 1.91 bits per heavy atom. The zero-order valence-corrected chi connectivity index (χ0v) is 14.3. The molecule has 0 radical (unpaired) electrons. The van der Waals surface area contributed by atoms with Crippen molar-refractivity contribution in [1.29, 1.82) is 0 Å². The summed E-state index contributed by atoms with van der Waals surface area (Å²) in [5, 5.41) is 9.92. The molecule has 1 rings (SSSR count). The van der Waals surface area contributed by atoms with Gasteiger partial charge in [0.05, 0.1) is 6.61 Å². The third-order valence-corrected chi connectivity index (χ3v) is 3.45. The summed E-state index contributed by atoms with van der Waals surface area (Å²) in [6, 6.07) is 5.31. The number of ketones is 1. The molecular weight excluding hydrogens is 288 g/mol. The van der Waals surface area contributed by atoms with Crippen molar-refractivity contribution in [2.24, 2.45) is 0 Å². The minimum atomic E-state index is 0.142. The zero-order chi connectivity index (χ0) is 16.9. The predicted octanol–water partition coefficient (Wildman–Crippen LogP) is 5.29. The SMILES string of the molecule is CCCCCC(=O)C=CC=Cc1ccc(OCCCC)c(O)c1.